The molecule has 1 aliphatic heterocycles. The van der Waals surface area contributed by atoms with Gasteiger partial charge in [-0.2, -0.15) is 0 Å². The van der Waals surface area contributed by atoms with Gasteiger partial charge in [0, 0.05) is 18.5 Å². The molecule has 1 aromatic heterocycles. The van der Waals surface area contributed by atoms with E-state index in [-0.39, 0.29) is 0 Å². The van der Waals surface area contributed by atoms with Gasteiger partial charge in [-0.1, -0.05) is 18.2 Å². The van der Waals surface area contributed by atoms with Crippen molar-refractivity contribution in [3.63, 3.8) is 0 Å². The lowest BCUT2D eigenvalue weighted by atomic mass is 10.1. The number of fused-ring (bicyclic) bond motifs is 1. The number of hydrazine groups is 1. The molecule has 1 N–H and O–H groups in total. The Kier molecular flexibility index (Phi) is 3.13. The molecule has 2 heterocycles. The molecule has 2 aromatic rings. The molecule has 1 fully saturated rings. The van der Waals surface area contributed by atoms with E-state index in [1.165, 1.54) is 10.9 Å². The maximum absolute atomic E-state index is 5.34. The molecule has 4 nitrogen and oxygen atoms in total. The first-order valence-corrected chi connectivity index (χ1v) is 6.29. The summed E-state index contributed by atoms with van der Waals surface area (Å²) in [6.07, 6.45) is 0. The lowest BCUT2D eigenvalue weighted by Gasteiger charge is -2.28. The first-order valence-electron chi connectivity index (χ1n) is 6.29. The highest BCUT2D eigenvalue weighted by atomic mass is 16.5. The van der Waals surface area contributed by atoms with Gasteiger partial charge >= 0.3 is 0 Å². The summed E-state index contributed by atoms with van der Waals surface area (Å²) in [5.41, 5.74) is 5.58. The molecular formula is C14H17N3O. The zero-order valence-electron chi connectivity index (χ0n) is 10.5. The van der Waals surface area contributed by atoms with Crippen LogP contribution in [0.3, 0.4) is 0 Å². The average molecular weight is 243 g/mol. The third-order valence-electron chi connectivity index (χ3n) is 3.19. The first kappa shape index (κ1) is 11.4. The summed E-state index contributed by atoms with van der Waals surface area (Å²) < 4.78 is 5.34. The molecule has 0 saturated carbocycles. The number of rotatable bonds is 2. The highest BCUT2D eigenvalue weighted by Gasteiger charge is 2.12. The average Bonchev–Trinajstić information content (AvgIpc) is 2.41. The van der Waals surface area contributed by atoms with Crippen LogP contribution in [0.15, 0.2) is 30.3 Å². The third kappa shape index (κ3) is 2.30. The largest absolute Gasteiger partial charge is 0.379 e. The van der Waals surface area contributed by atoms with Crippen molar-refractivity contribution in [2.75, 3.05) is 31.7 Å². The van der Waals surface area contributed by atoms with Gasteiger partial charge in [0.2, 0.25) is 0 Å². The second-order valence-electron chi connectivity index (χ2n) is 4.56. The zero-order valence-corrected chi connectivity index (χ0v) is 10.5. The predicted octanol–water partition coefficient (Wildman–Crippen LogP) is 2.20. The number of aryl methyl sites for hydroxylation is 1. The van der Waals surface area contributed by atoms with Crippen LogP contribution < -0.4 is 5.43 Å². The van der Waals surface area contributed by atoms with Crippen molar-refractivity contribution in [1.29, 1.82) is 0 Å². The van der Waals surface area contributed by atoms with Gasteiger partial charge in [0.05, 0.1) is 18.7 Å². The van der Waals surface area contributed by atoms with E-state index in [0.29, 0.717) is 0 Å². The number of aromatic nitrogens is 1. The predicted molar refractivity (Wildman–Crippen MR) is 72.5 cm³/mol. The van der Waals surface area contributed by atoms with Crippen LogP contribution in [0, 0.1) is 6.92 Å². The number of anilines is 1. The van der Waals surface area contributed by atoms with E-state index in [9.17, 15) is 0 Å². The molecule has 3 rings (SSSR count). The van der Waals surface area contributed by atoms with Gasteiger partial charge in [0.1, 0.15) is 5.82 Å². The van der Waals surface area contributed by atoms with Crippen molar-refractivity contribution in [2.45, 2.75) is 6.92 Å². The molecule has 0 aliphatic carbocycles. The molecule has 1 aromatic carbocycles. The fourth-order valence-corrected chi connectivity index (χ4v) is 2.16. The maximum Gasteiger partial charge on any atom is 0.143 e. The van der Waals surface area contributed by atoms with Crippen molar-refractivity contribution in [3.8, 4) is 0 Å². The summed E-state index contributed by atoms with van der Waals surface area (Å²) >= 11 is 0. The molecule has 0 bridgehead atoms. The molecule has 0 unspecified atom stereocenters. The molecule has 1 aliphatic rings. The van der Waals surface area contributed by atoms with Gasteiger partial charge in [-0.15, -0.1) is 0 Å². The number of nitrogens with zero attached hydrogens (tertiary/aromatic N) is 2. The van der Waals surface area contributed by atoms with Crippen molar-refractivity contribution >= 4 is 16.7 Å². The van der Waals surface area contributed by atoms with Crippen LogP contribution in [-0.2, 0) is 4.74 Å². The van der Waals surface area contributed by atoms with Crippen molar-refractivity contribution in [2.24, 2.45) is 0 Å². The molecule has 4 heteroatoms. The zero-order chi connectivity index (χ0) is 12.4. The Labute approximate surface area is 107 Å². The molecule has 0 radical (unpaired) electrons. The molecular weight excluding hydrogens is 226 g/mol. The van der Waals surface area contributed by atoms with Gasteiger partial charge in [0.15, 0.2) is 0 Å². The lowest BCUT2D eigenvalue weighted by molar-refractivity contribution is 0.0494. The quantitative estimate of drug-likeness (QED) is 0.877. The normalized spacial score (nSPS) is 16.9. The minimum absolute atomic E-state index is 0.777. The molecule has 18 heavy (non-hydrogen) atoms. The number of para-hydroxylation sites is 1. The van der Waals surface area contributed by atoms with E-state index in [1.807, 2.05) is 18.2 Å². The Morgan fingerprint density at radius 2 is 2.00 bits per heavy atom. The van der Waals surface area contributed by atoms with Gasteiger partial charge in [-0.05, 0) is 24.6 Å². The lowest BCUT2D eigenvalue weighted by Crippen LogP contribution is -2.40. The molecule has 0 atom stereocenters. The van der Waals surface area contributed by atoms with E-state index in [1.54, 1.807) is 0 Å². The maximum atomic E-state index is 5.34. The Hall–Kier alpha value is -1.65. The fourth-order valence-electron chi connectivity index (χ4n) is 2.16. The highest BCUT2D eigenvalue weighted by Crippen LogP contribution is 2.20. The second kappa shape index (κ2) is 4.92. The molecule has 1 saturated heterocycles. The number of ether oxygens (including phenoxy) is 1. The van der Waals surface area contributed by atoms with Gasteiger partial charge < -0.3 is 10.2 Å². The van der Waals surface area contributed by atoms with Crippen LogP contribution in [-0.4, -0.2) is 36.3 Å². The van der Waals surface area contributed by atoms with Crippen LogP contribution in [0.4, 0.5) is 5.82 Å². The van der Waals surface area contributed by atoms with Crippen LogP contribution in [0.2, 0.25) is 0 Å². The number of pyridine rings is 1. The summed E-state index contributed by atoms with van der Waals surface area (Å²) in [7, 11) is 0. The van der Waals surface area contributed by atoms with Crippen molar-refractivity contribution < 1.29 is 4.74 Å². The van der Waals surface area contributed by atoms with Crippen molar-refractivity contribution in [3.05, 3.63) is 35.9 Å². The summed E-state index contributed by atoms with van der Waals surface area (Å²) in [4.78, 5) is 4.68. The van der Waals surface area contributed by atoms with Gasteiger partial charge in [-0.3, -0.25) is 0 Å². The highest BCUT2D eigenvalue weighted by molar-refractivity contribution is 5.81. The summed E-state index contributed by atoms with van der Waals surface area (Å²) in [6, 6.07) is 10.4. The SMILES string of the molecule is Cc1cc2ccccc2nc1NN1CCOCC1. The minimum Gasteiger partial charge on any atom is -0.379 e. The van der Waals surface area contributed by atoms with Crippen LogP contribution in [0.25, 0.3) is 10.9 Å². The fraction of sp³-hybridized carbons (Fsp3) is 0.357. The molecule has 94 valence electrons. The first-order chi connectivity index (χ1) is 8.83. The van der Waals surface area contributed by atoms with Crippen LogP contribution in [0.1, 0.15) is 5.56 Å². The van der Waals surface area contributed by atoms with Crippen molar-refractivity contribution in [1.82, 2.24) is 9.99 Å². The van der Waals surface area contributed by atoms with E-state index in [2.05, 4.69) is 34.5 Å². The van der Waals surface area contributed by atoms with E-state index >= 15 is 0 Å². The Balaban J connectivity index is 1.88. The van der Waals surface area contributed by atoms with Crippen LogP contribution in [0.5, 0.6) is 0 Å². The standard InChI is InChI=1S/C14H17N3O/c1-11-10-12-4-2-3-5-13(12)15-14(11)16-17-6-8-18-9-7-17/h2-5,10H,6-9H2,1H3,(H,15,16). The number of hydrogen-bond acceptors (Lipinski definition) is 4. The van der Waals surface area contributed by atoms with Gasteiger partial charge in [0.25, 0.3) is 0 Å². The number of benzene rings is 1. The summed E-state index contributed by atoms with van der Waals surface area (Å²) in [5.74, 6) is 0.940. The van der Waals surface area contributed by atoms with Crippen LogP contribution >= 0.6 is 0 Å². The molecule has 0 amide bonds. The second-order valence-corrected chi connectivity index (χ2v) is 4.56. The smallest absolute Gasteiger partial charge is 0.143 e. The number of nitrogens with one attached hydrogen (secondary N) is 1. The summed E-state index contributed by atoms with van der Waals surface area (Å²) in [5, 5.41) is 3.34. The Morgan fingerprint density at radius 1 is 1.22 bits per heavy atom. The topological polar surface area (TPSA) is 37.4 Å². The molecule has 0 spiro atoms. The van der Waals surface area contributed by atoms with Gasteiger partial charge in [-0.25, -0.2) is 9.99 Å². The van der Waals surface area contributed by atoms with E-state index in [0.717, 1.165) is 37.6 Å². The number of morpholine rings is 1. The van der Waals surface area contributed by atoms with E-state index in [4.69, 9.17) is 4.74 Å². The Bertz CT molecular complexity index is 550. The van der Waals surface area contributed by atoms with E-state index < -0.39 is 0 Å². The Morgan fingerprint density at radius 3 is 2.83 bits per heavy atom. The third-order valence-corrected chi connectivity index (χ3v) is 3.19. The number of hydrogen-bond donors (Lipinski definition) is 1. The monoisotopic (exact) mass is 243 g/mol. The summed E-state index contributed by atoms with van der Waals surface area (Å²) in [6.45, 7) is 5.43. The minimum atomic E-state index is 0.777.